The van der Waals surface area contributed by atoms with E-state index in [4.69, 9.17) is 27.9 Å². The van der Waals surface area contributed by atoms with Crippen LogP contribution in [0.4, 0.5) is 5.82 Å². The molecule has 4 rings (SSSR count). The zero-order valence-corrected chi connectivity index (χ0v) is 17.3. The highest BCUT2D eigenvalue weighted by molar-refractivity contribution is 6.35. The van der Waals surface area contributed by atoms with Crippen molar-refractivity contribution in [1.82, 2.24) is 20.4 Å². The minimum atomic E-state index is -0.516. The predicted molar refractivity (Wildman–Crippen MR) is 109 cm³/mol. The molecule has 29 heavy (non-hydrogen) atoms. The van der Waals surface area contributed by atoms with Crippen molar-refractivity contribution < 1.29 is 14.3 Å². The van der Waals surface area contributed by atoms with E-state index in [9.17, 15) is 9.59 Å². The number of nitrogens with zero attached hydrogens (tertiary/aromatic N) is 2. The number of carbonyl (C=O) groups excluding carboxylic acids is 2. The molecule has 1 aromatic carbocycles. The molecular formula is C19H21Cl2N5O3. The predicted octanol–water partition coefficient (Wildman–Crippen LogP) is 2.86. The maximum Gasteiger partial charge on any atom is 0.263 e. The van der Waals surface area contributed by atoms with E-state index < -0.39 is 6.29 Å². The third-order valence-corrected chi connectivity index (χ3v) is 5.66. The third kappa shape index (κ3) is 4.34. The fraction of sp³-hybridized carbons (Fsp3) is 0.421. The molecule has 1 aromatic heterocycles. The number of aryl methyl sites for hydroxylation is 1. The van der Waals surface area contributed by atoms with Gasteiger partial charge in [0, 0.05) is 17.1 Å². The highest BCUT2D eigenvalue weighted by atomic mass is 35.5. The van der Waals surface area contributed by atoms with Crippen LogP contribution in [-0.2, 0) is 9.59 Å². The van der Waals surface area contributed by atoms with Crippen molar-refractivity contribution in [1.29, 1.82) is 0 Å². The smallest absolute Gasteiger partial charge is 0.263 e. The van der Waals surface area contributed by atoms with E-state index >= 15 is 0 Å². The number of rotatable bonds is 5. The van der Waals surface area contributed by atoms with Crippen molar-refractivity contribution in [2.24, 2.45) is 5.92 Å². The average Bonchev–Trinajstić information content (AvgIpc) is 3.27. The molecule has 3 unspecified atom stereocenters. The highest BCUT2D eigenvalue weighted by Crippen LogP contribution is 2.31. The van der Waals surface area contributed by atoms with Crippen molar-refractivity contribution in [3.63, 3.8) is 0 Å². The number of anilines is 1. The molecule has 2 heterocycles. The van der Waals surface area contributed by atoms with Crippen LogP contribution in [0.3, 0.4) is 0 Å². The van der Waals surface area contributed by atoms with Crippen LogP contribution in [0, 0.1) is 12.8 Å². The number of amides is 2. The molecule has 2 fully saturated rings. The first-order valence-electron chi connectivity index (χ1n) is 9.41. The summed E-state index contributed by atoms with van der Waals surface area (Å²) in [5, 5.41) is 14.4. The number of aromatic nitrogens is 2. The van der Waals surface area contributed by atoms with E-state index in [0.717, 1.165) is 19.3 Å². The van der Waals surface area contributed by atoms with Crippen molar-refractivity contribution >= 4 is 40.8 Å². The summed E-state index contributed by atoms with van der Waals surface area (Å²) in [7, 11) is 0. The van der Waals surface area contributed by atoms with E-state index in [-0.39, 0.29) is 30.4 Å². The van der Waals surface area contributed by atoms with Crippen molar-refractivity contribution in [2.45, 2.75) is 38.5 Å². The number of halogens is 2. The number of fused-ring (bicyclic) bond motifs is 1. The topological polar surface area (TPSA) is 97.3 Å². The number of hydrogen-bond acceptors (Lipinski definition) is 5. The Hall–Kier alpha value is -2.29. The molecule has 3 atom stereocenters. The summed E-state index contributed by atoms with van der Waals surface area (Å²) >= 11 is 11.9. The average molecular weight is 438 g/mol. The lowest BCUT2D eigenvalue weighted by atomic mass is 10.0. The van der Waals surface area contributed by atoms with Gasteiger partial charge in [-0.05, 0) is 38.0 Å². The monoisotopic (exact) mass is 437 g/mol. The van der Waals surface area contributed by atoms with Gasteiger partial charge in [-0.2, -0.15) is 5.10 Å². The molecule has 0 bridgehead atoms. The molecule has 2 aliphatic rings. The van der Waals surface area contributed by atoms with E-state index in [0.29, 0.717) is 27.3 Å². The normalized spacial score (nSPS) is 23.4. The van der Waals surface area contributed by atoms with E-state index in [2.05, 4.69) is 21.0 Å². The second kappa shape index (κ2) is 8.22. The van der Waals surface area contributed by atoms with Crippen LogP contribution >= 0.6 is 23.2 Å². The van der Waals surface area contributed by atoms with Crippen LogP contribution in [0.5, 0.6) is 5.75 Å². The first-order chi connectivity index (χ1) is 13.9. The standard InChI is InChI=1S/C19H21Cl2N5O3/c1-10-7-16(23-17(27)9-29-15-6-5-11(20)8-13(15)21)26(25-10)19-22-14-4-2-3-12(14)18(28)24-19/h5-8,12,14,19,22H,2-4,9H2,1H3,(H,23,27)(H,24,28). The van der Waals surface area contributed by atoms with Crippen LogP contribution in [0.2, 0.25) is 10.0 Å². The summed E-state index contributed by atoms with van der Waals surface area (Å²) in [6.07, 6.45) is 2.35. The van der Waals surface area contributed by atoms with Crippen LogP contribution in [0.1, 0.15) is 31.2 Å². The van der Waals surface area contributed by atoms with Crippen LogP contribution < -0.4 is 20.7 Å². The Morgan fingerprint density at radius 3 is 2.97 bits per heavy atom. The Labute approximate surface area is 177 Å². The Balaban J connectivity index is 1.43. The second-order valence-corrected chi connectivity index (χ2v) is 8.09. The van der Waals surface area contributed by atoms with Gasteiger partial charge in [0.2, 0.25) is 5.91 Å². The summed E-state index contributed by atoms with van der Waals surface area (Å²) in [6, 6.07) is 6.64. The molecule has 2 amide bonds. The minimum Gasteiger partial charge on any atom is -0.482 e. The fourth-order valence-electron chi connectivity index (χ4n) is 3.81. The van der Waals surface area contributed by atoms with Gasteiger partial charge in [-0.3, -0.25) is 14.9 Å². The Morgan fingerprint density at radius 2 is 2.17 bits per heavy atom. The van der Waals surface area contributed by atoms with E-state index in [1.165, 1.54) is 0 Å². The maximum atomic E-state index is 12.4. The Kier molecular flexibility index (Phi) is 5.67. The van der Waals surface area contributed by atoms with Gasteiger partial charge in [0.1, 0.15) is 11.6 Å². The molecule has 0 spiro atoms. The lowest BCUT2D eigenvalue weighted by Crippen LogP contribution is -2.57. The van der Waals surface area contributed by atoms with Crippen molar-refractivity contribution in [2.75, 3.05) is 11.9 Å². The molecule has 1 aliphatic heterocycles. The van der Waals surface area contributed by atoms with Gasteiger partial charge in [0.15, 0.2) is 12.9 Å². The van der Waals surface area contributed by atoms with Gasteiger partial charge in [-0.1, -0.05) is 29.6 Å². The summed E-state index contributed by atoms with van der Waals surface area (Å²) in [5.41, 5.74) is 0.714. The van der Waals surface area contributed by atoms with Gasteiger partial charge in [-0.25, -0.2) is 4.68 Å². The van der Waals surface area contributed by atoms with Gasteiger partial charge < -0.3 is 15.4 Å². The molecule has 1 saturated carbocycles. The lowest BCUT2D eigenvalue weighted by molar-refractivity contribution is -0.130. The Bertz CT molecular complexity index is 948. The second-order valence-electron chi connectivity index (χ2n) is 7.25. The molecule has 8 nitrogen and oxygen atoms in total. The van der Waals surface area contributed by atoms with Crippen LogP contribution in [-0.4, -0.2) is 34.2 Å². The number of benzene rings is 1. The molecule has 2 aromatic rings. The van der Waals surface area contributed by atoms with Gasteiger partial charge in [0.25, 0.3) is 5.91 Å². The number of carbonyl (C=O) groups is 2. The molecule has 1 saturated heterocycles. The molecule has 1 aliphatic carbocycles. The third-order valence-electron chi connectivity index (χ3n) is 5.13. The number of hydrogen-bond donors (Lipinski definition) is 3. The molecule has 3 N–H and O–H groups in total. The van der Waals surface area contributed by atoms with Gasteiger partial charge in [0.05, 0.1) is 16.6 Å². The minimum absolute atomic E-state index is 0.00141. The van der Waals surface area contributed by atoms with Gasteiger partial charge >= 0.3 is 0 Å². The number of nitrogens with one attached hydrogen (secondary N) is 3. The van der Waals surface area contributed by atoms with Gasteiger partial charge in [-0.15, -0.1) is 0 Å². The molecule has 10 heteroatoms. The zero-order valence-electron chi connectivity index (χ0n) is 15.7. The zero-order chi connectivity index (χ0) is 20.5. The SMILES string of the molecule is Cc1cc(NC(=O)COc2ccc(Cl)cc2Cl)n(C2NC(=O)C3CCCC3N2)n1. The lowest BCUT2D eigenvalue weighted by Gasteiger charge is -2.34. The highest BCUT2D eigenvalue weighted by Gasteiger charge is 2.40. The quantitative estimate of drug-likeness (QED) is 0.667. The first kappa shape index (κ1) is 20.0. The first-order valence-corrected chi connectivity index (χ1v) is 10.2. The maximum absolute atomic E-state index is 12.4. The number of ether oxygens (including phenoxy) is 1. The summed E-state index contributed by atoms with van der Waals surface area (Å²) in [6.45, 7) is 1.58. The molecule has 154 valence electrons. The summed E-state index contributed by atoms with van der Waals surface area (Å²) in [4.78, 5) is 24.8. The van der Waals surface area contributed by atoms with Crippen LogP contribution in [0.25, 0.3) is 0 Å². The van der Waals surface area contributed by atoms with Crippen molar-refractivity contribution in [3.8, 4) is 5.75 Å². The van der Waals surface area contributed by atoms with Crippen molar-refractivity contribution in [3.05, 3.63) is 40.0 Å². The van der Waals surface area contributed by atoms with E-state index in [1.54, 1.807) is 28.9 Å². The summed E-state index contributed by atoms with van der Waals surface area (Å²) < 4.78 is 7.05. The molecular weight excluding hydrogens is 417 g/mol. The molecule has 0 radical (unpaired) electrons. The van der Waals surface area contributed by atoms with E-state index in [1.807, 2.05) is 6.92 Å². The van der Waals surface area contributed by atoms with Crippen LogP contribution in [0.15, 0.2) is 24.3 Å². The fourth-order valence-corrected chi connectivity index (χ4v) is 4.28. The summed E-state index contributed by atoms with van der Waals surface area (Å²) in [5.74, 6) is 0.468. The Morgan fingerprint density at radius 1 is 1.34 bits per heavy atom. The largest absolute Gasteiger partial charge is 0.482 e.